The summed E-state index contributed by atoms with van der Waals surface area (Å²) in [6.07, 6.45) is 2.82. The molecular formula is C11H22N2O2. The van der Waals surface area contributed by atoms with Crippen molar-refractivity contribution < 1.29 is 9.47 Å². The van der Waals surface area contributed by atoms with E-state index in [0.717, 1.165) is 26.4 Å². The SMILES string of the molecule is CC(CN)N(CC1CCCO1)C1COC1. The van der Waals surface area contributed by atoms with Gasteiger partial charge in [0.05, 0.1) is 25.4 Å². The van der Waals surface area contributed by atoms with Crippen molar-refractivity contribution in [2.24, 2.45) is 5.73 Å². The topological polar surface area (TPSA) is 47.7 Å². The van der Waals surface area contributed by atoms with Crippen LogP contribution < -0.4 is 5.73 Å². The molecule has 2 rings (SSSR count). The lowest BCUT2D eigenvalue weighted by Gasteiger charge is -2.41. The first kappa shape index (κ1) is 11.3. The molecule has 0 amide bonds. The highest BCUT2D eigenvalue weighted by Gasteiger charge is 2.31. The van der Waals surface area contributed by atoms with E-state index in [4.69, 9.17) is 15.2 Å². The largest absolute Gasteiger partial charge is 0.378 e. The molecule has 0 aromatic rings. The molecule has 0 spiro atoms. The van der Waals surface area contributed by atoms with Crippen LogP contribution in [-0.4, -0.2) is 56.0 Å². The monoisotopic (exact) mass is 214 g/mol. The Balaban J connectivity index is 1.85. The number of hydrogen-bond donors (Lipinski definition) is 1. The summed E-state index contributed by atoms with van der Waals surface area (Å²) >= 11 is 0. The van der Waals surface area contributed by atoms with Gasteiger partial charge in [0.1, 0.15) is 0 Å². The lowest BCUT2D eigenvalue weighted by molar-refractivity contribution is -0.0883. The molecule has 0 bridgehead atoms. The third-order valence-electron chi connectivity index (χ3n) is 3.44. The van der Waals surface area contributed by atoms with Crippen molar-refractivity contribution in [3.05, 3.63) is 0 Å². The van der Waals surface area contributed by atoms with Crippen molar-refractivity contribution in [2.45, 2.75) is 38.0 Å². The van der Waals surface area contributed by atoms with Gasteiger partial charge in [-0.25, -0.2) is 0 Å². The lowest BCUT2D eigenvalue weighted by Crippen LogP contribution is -2.56. The molecule has 2 N–H and O–H groups in total. The molecule has 88 valence electrons. The van der Waals surface area contributed by atoms with Crippen molar-refractivity contribution in [3.8, 4) is 0 Å². The Kier molecular flexibility index (Phi) is 3.97. The number of nitrogens with two attached hydrogens (primary N) is 1. The molecule has 2 saturated heterocycles. The van der Waals surface area contributed by atoms with Crippen LogP contribution in [0.4, 0.5) is 0 Å². The first-order valence-corrected chi connectivity index (χ1v) is 5.96. The van der Waals surface area contributed by atoms with Gasteiger partial charge in [-0.1, -0.05) is 0 Å². The van der Waals surface area contributed by atoms with Crippen molar-refractivity contribution in [1.82, 2.24) is 4.90 Å². The molecule has 2 heterocycles. The fourth-order valence-electron chi connectivity index (χ4n) is 2.26. The van der Waals surface area contributed by atoms with E-state index in [0.29, 0.717) is 24.7 Å². The Hall–Kier alpha value is -0.160. The average Bonchev–Trinajstić information content (AvgIpc) is 2.65. The van der Waals surface area contributed by atoms with E-state index in [1.54, 1.807) is 0 Å². The maximum absolute atomic E-state index is 5.74. The van der Waals surface area contributed by atoms with E-state index in [-0.39, 0.29) is 0 Å². The fourth-order valence-corrected chi connectivity index (χ4v) is 2.26. The highest BCUT2D eigenvalue weighted by molar-refractivity contribution is 4.84. The van der Waals surface area contributed by atoms with Gasteiger partial charge in [-0.2, -0.15) is 0 Å². The van der Waals surface area contributed by atoms with E-state index in [9.17, 15) is 0 Å². The number of nitrogens with zero attached hydrogens (tertiary/aromatic N) is 1. The number of hydrogen-bond acceptors (Lipinski definition) is 4. The average molecular weight is 214 g/mol. The number of ether oxygens (including phenoxy) is 2. The van der Waals surface area contributed by atoms with Crippen LogP contribution in [-0.2, 0) is 9.47 Å². The first-order valence-electron chi connectivity index (χ1n) is 5.96. The molecule has 15 heavy (non-hydrogen) atoms. The third-order valence-corrected chi connectivity index (χ3v) is 3.44. The van der Waals surface area contributed by atoms with Gasteiger partial charge < -0.3 is 15.2 Å². The lowest BCUT2D eigenvalue weighted by atomic mass is 10.1. The Morgan fingerprint density at radius 1 is 1.47 bits per heavy atom. The maximum Gasteiger partial charge on any atom is 0.0703 e. The molecule has 0 aromatic carbocycles. The summed E-state index contributed by atoms with van der Waals surface area (Å²) in [6, 6.07) is 0.996. The van der Waals surface area contributed by atoms with E-state index < -0.39 is 0 Å². The summed E-state index contributed by atoms with van der Waals surface area (Å²) in [5.74, 6) is 0. The zero-order valence-corrected chi connectivity index (χ0v) is 9.52. The minimum atomic E-state index is 0.416. The molecule has 4 nitrogen and oxygen atoms in total. The zero-order chi connectivity index (χ0) is 10.7. The second kappa shape index (κ2) is 5.25. The van der Waals surface area contributed by atoms with Crippen LogP contribution in [0, 0.1) is 0 Å². The van der Waals surface area contributed by atoms with E-state index in [1.807, 2.05) is 0 Å². The summed E-state index contributed by atoms with van der Waals surface area (Å²) in [5, 5.41) is 0. The van der Waals surface area contributed by atoms with E-state index >= 15 is 0 Å². The van der Waals surface area contributed by atoms with Gasteiger partial charge in [-0.3, -0.25) is 4.90 Å². The second-order valence-electron chi connectivity index (χ2n) is 4.61. The summed E-state index contributed by atoms with van der Waals surface area (Å²) in [4.78, 5) is 2.46. The standard InChI is InChI=1S/C11H22N2O2/c1-9(5-12)13(10-7-14-8-10)6-11-3-2-4-15-11/h9-11H,2-8,12H2,1H3. The quantitative estimate of drug-likeness (QED) is 0.711. The van der Waals surface area contributed by atoms with E-state index in [1.165, 1.54) is 12.8 Å². The molecule has 0 saturated carbocycles. The van der Waals surface area contributed by atoms with Crippen molar-refractivity contribution in [3.63, 3.8) is 0 Å². The normalized spacial score (nSPS) is 29.4. The summed E-state index contributed by atoms with van der Waals surface area (Å²) < 4.78 is 10.9. The Bertz CT molecular complexity index is 186. The molecule has 2 aliphatic rings. The minimum absolute atomic E-state index is 0.416. The first-order chi connectivity index (χ1) is 7.31. The molecule has 0 aromatic heterocycles. The molecule has 0 aliphatic carbocycles. The Morgan fingerprint density at radius 3 is 2.73 bits per heavy atom. The minimum Gasteiger partial charge on any atom is -0.378 e. The van der Waals surface area contributed by atoms with Gasteiger partial charge in [0.25, 0.3) is 0 Å². The predicted octanol–water partition coefficient (Wildman–Crippen LogP) is 0.213. The van der Waals surface area contributed by atoms with Gasteiger partial charge in [0.2, 0.25) is 0 Å². The maximum atomic E-state index is 5.74. The summed E-state index contributed by atoms with van der Waals surface area (Å²) in [6.45, 7) is 6.56. The van der Waals surface area contributed by atoms with Crippen LogP contribution in [0.1, 0.15) is 19.8 Å². The van der Waals surface area contributed by atoms with Crippen LogP contribution in [0.2, 0.25) is 0 Å². The molecular weight excluding hydrogens is 192 g/mol. The molecule has 2 atom stereocenters. The van der Waals surface area contributed by atoms with Crippen LogP contribution in [0.3, 0.4) is 0 Å². The Morgan fingerprint density at radius 2 is 2.27 bits per heavy atom. The smallest absolute Gasteiger partial charge is 0.0703 e. The molecule has 4 heteroatoms. The van der Waals surface area contributed by atoms with Crippen molar-refractivity contribution >= 4 is 0 Å². The highest BCUT2D eigenvalue weighted by Crippen LogP contribution is 2.19. The molecule has 2 aliphatic heterocycles. The molecule has 0 radical (unpaired) electrons. The van der Waals surface area contributed by atoms with Gasteiger partial charge in [0.15, 0.2) is 0 Å². The third kappa shape index (κ3) is 2.69. The molecule has 2 fully saturated rings. The van der Waals surface area contributed by atoms with E-state index in [2.05, 4.69) is 11.8 Å². The highest BCUT2D eigenvalue weighted by atomic mass is 16.5. The van der Waals surface area contributed by atoms with Crippen molar-refractivity contribution in [1.29, 1.82) is 0 Å². The second-order valence-corrected chi connectivity index (χ2v) is 4.61. The zero-order valence-electron chi connectivity index (χ0n) is 9.52. The summed E-state index contributed by atoms with van der Waals surface area (Å²) in [7, 11) is 0. The summed E-state index contributed by atoms with van der Waals surface area (Å²) in [5.41, 5.74) is 5.74. The van der Waals surface area contributed by atoms with Crippen LogP contribution in [0.5, 0.6) is 0 Å². The van der Waals surface area contributed by atoms with Gasteiger partial charge in [-0.15, -0.1) is 0 Å². The number of rotatable bonds is 5. The fraction of sp³-hybridized carbons (Fsp3) is 1.00. The predicted molar refractivity (Wildman–Crippen MR) is 58.8 cm³/mol. The van der Waals surface area contributed by atoms with Crippen molar-refractivity contribution in [2.75, 3.05) is 32.9 Å². The molecule has 2 unspecified atom stereocenters. The van der Waals surface area contributed by atoms with Gasteiger partial charge in [0, 0.05) is 25.7 Å². The Labute approximate surface area is 91.7 Å². The van der Waals surface area contributed by atoms with Gasteiger partial charge in [-0.05, 0) is 19.8 Å². The van der Waals surface area contributed by atoms with Crippen LogP contribution in [0.25, 0.3) is 0 Å². The van der Waals surface area contributed by atoms with Gasteiger partial charge >= 0.3 is 0 Å². The van der Waals surface area contributed by atoms with Crippen LogP contribution in [0.15, 0.2) is 0 Å². The van der Waals surface area contributed by atoms with Crippen LogP contribution >= 0.6 is 0 Å².